The van der Waals surface area contributed by atoms with E-state index in [1.165, 1.54) is 7.11 Å². The first-order chi connectivity index (χ1) is 19.8. The third-order valence-corrected chi connectivity index (χ3v) is 11.6. The van der Waals surface area contributed by atoms with Gasteiger partial charge in [-0.2, -0.15) is 0 Å². The van der Waals surface area contributed by atoms with Crippen molar-refractivity contribution in [2.24, 2.45) is 28.6 Å². The lowest BCUT2D eigenvalue weighted by molar-refractivity contribution is -0.267. The van der Waals surface area contributed by atoms with Gasteiger partial charge in [0.1, 0.15) is 5.78 Å². The summed E-state index contributed by atoms with van der Waals surface area (Å²) in [7, 11) is 1.52. The topological polar surface area (TPSA) is 87.0 Å². The molecule has 3 aromatic rings. The SMILES string of the molecule is C=C1[C@H]2[C@H](CO)[C@H]3CCC[C@@]14Cc1ccc5ccc(cc5c1)[C@@H](CO)Cc1cccc(c1)CCC(=O)[C@]34[C@]2(O)OC. The van der Waals surface area contributed by atoms with Gasteiger partial charge >= 0.3 is 0 Å². The number of aliphatic hydroxyl groups excluding tert-OH is 2. The molecule has 0 radical (unpaired) electrons. The Kier molecular flexibility index (Phi) is 6.33. The summed E-state index contributed by atoms with van der Waals surface area (Å²) in [6.45, 7) is 4.56. The van der Waals surface area contributed by atoms with Crippen molar-refractivity contribution in [2.45, 2.75) is 56.7 Å². The predicted molar refractivity (Wildman–Crippen MR) is 158 cm³/mol. The zero-order valence-corrected chi connectivity index (χ0v) is 23.8. The minimum atomic E-state index is -1.70. The minimum absolute atomic E-state index is 0.0220. The molecular formula is C36H40O5. The van der Waals surface area contributed by atoms with E-state index in [4.69, 9.17) is 4.74 Å². The quantitative estimate of drug-likeness (QED) is 0.310. The molecule has 41 heavy (non-hydrogen) atoms. The number of Topliss-reactive ketones (excluding diaryl/α,β-unsaturated/α-hetero) is 1. The second-order valence-corrected chi connectivity index (χ2v) is 13.1. The Morgan fingerprint density at radius 3 is 2.54 bits per heavy atom. The highest BCUT2D eigenvalue weighted by Gasteiger charge is 2.85. The average molecular weight is 553 g/mol. The van der Waals surface area contributed by atoms with Crippen molar-refractivity contribution < 1.29 is 24.9 Å². The first-order valence-electron chi connectivity index (χ1n) is 15.1. The summed E-state index contributed by atoms with van der Waals surface area (Å²) in [5, 5.41) is 35.7. The Morgan fingerprint density at radius 1 is 0.951 bits per heavy atom. The molecule has 0 aromatic heterocycles. The number of carbonyl (C=O) groups excluding carboxylic acids is 1. The van der Waals surface area contributed by atoms with Gasteiger partial charge in [-0.3, -0.25) is 4.79 Å². The number of aliphatic hydroxyl groups is 3. The Morgan fingerprint density at radius 2 is 1.76 bits per heavy atom. The maximum absolute atomic E-state index is 14.9. The normalized spacial score (nSPS) is 36.3. The summed E-state index contributed by atoms with van der Waals surface area (Å²) in [6.07, 6.45) is 4.60. The molecule has 7 atom stereocenters. The van der Waals surface area contributed by atoms with Crippen LogP contribution in [0.15, 0.2) is 72.8 Å². The molecule has 3 N–H and O–H groups in total. The van der Waals surface area contributed by atoms with Crippen LogP contribution in [0.2, 0.25) is 0 Å². The number of ether oxygens (including phenoxy) is 1. The van der Waals surface area contributed by atoms with Crippen molar-refractivity contribution in [3.8, 4) is 0 Å². The lowest BCUT2D eigenvalue weighted by atomic mass is 9.45. The zero-order valence-electron chi connectivity index (χ0n) is 23.8. The fourth-order valence-corrected chi connectivity index (χ4v) is 10.0. The molecule has 0 amide bonds. The molecule has 4 aliphatic carbocycles. The van der Waals surface area contributed by atoms with Crippen molar-refractivity contribution in [1.29, 1.82) is 0 Å². The Balaban J connectivity index is 1.46. The molecule has 3 saturated carbocycles. The second kappa shape index (κ2) is 9.60. The van der Waals surface area contributed by atoms with Crippen LogP contribution in [0.1, 0.15) is 53.9 Å². The van der Waals surface area contributed by atoms with Crippen LogP contribution in [0.5, 0.6) is 0 Å². The van der Waals surface area contributed by atoms with Gasteiger partial charge < -0.3 is 20.1 Å². The van der Waals surface area contributed by atoms with E-state index >= 15 is 0 Å². The van der Waals surface area contributed by atoms with Crippen LogP contribution in [0, 0.1) is 28.6 Å². The molecule has 214 valence electrons. The highest BCUT2D eigenvalue weighted by Crippen LogP contribution is 2.80. The summed E-state index contributed by atoms with van der Waals surface area (Å²) < 4.78 is 6.04. The average Bonchev–Trinajstić information content (AvgIpc) is 3.32. The van der Waals surface area contributed by atoms with Crippen molar-refractivity contribution in [1.82, 2.24) is 0 Å². The van der Waals surface area contributed by atoms with Gasteiger partial charge in [-0.25, -0.2) is 0 Å². The Bertz CT molecular complexity index is 1540. The summed E-state index contributed by atoms with van der Waals surface area (Å²) in [5.41, 5.74) is 3.45. The Labute approximate surface area is 241 Å². The van der Waals surface area contributed by atoms with Crippen molar-refractivity contribution in [3.63, 3.8) is 0 Å². The molecule has 5 nitrogen and oxygen atoms in total. The van der Waals surface area contributed by atoms with E-state index < -0.39 is 22.5 Å². The minimum Gasteiger partial charge on any atom is -0.396 e. The van der Waals surface area contributed by atoms with Crippen molar-refractivity contribution >= 4 is 16.6 Å². The molecular weight excluding hydrogens is 512 g/mol. The molecule has 7 rings (SSSR count). The van der Waals surface area contributed by atoms with Gasteiger partial charge in [0.05, 0.1) is 12.0 Å². The first kappa shape index (κ1) is 27.0. The van der Waals surface area contributed by atoms with E-state index in [0.29, 0.717) is 19.3 Å². The zero-order chi connectivity index (χ0) is 28.6. The first-order valence-corrected chi connectivity index (χ1v) is 15.1. The van der Waals surface area contributed by atoms with Gasteiger partial charge in [0.25, 0.3) is 0 Å². The number of aryl methyl sites for hydroxylation is 1. The number of rotatable bonds is 3. The number of fused-ring (bicyclic) bond motifs is 5. The fourth-order valence-electron chi connectivity index (χ4n) is 10.0. The predicted octanol–water partition coefficient (Wildman–Crippen LogP) is 5.13. The van der Waals surface area contributed by atoms with Crippen LogP contribution in [-0.2, 0) is 28.8 Å². The van der Waals surface area contributed by atoms with Crippen LogP contribution in [-0.4, -0.2) is 47.2 Å². The largest absolute Gasteiger partial charge is 0.396 e. The number of benzene rings is 3. The molecule has 0 aliphatic heterocycles. The number of carbonyl (C=O) groups is 1. The summed E-state index contributed by atoms with van der Waals surface area (Å²) in [5.74, 6) is -2.61. The molecule has 7 bridgehead atoms. The van der Waals surface area contributed by atoms with Gasteiger partial charge in [0.15, 0.2) is 5.79 Å². The van der Waals surface area contributed by atoms with E-state index in [1.54, 1.807) is 0 Å². The molecule has 1 spiro atoms. The van der Waals surface area contributed by atoms with E-state index in [2.05, 4.69) is 61.2 Å². The lowest BCUT2D eigenvalue weighted by Crippen LogP contribution is -2.62. The van der Waals surface area contributed by atoms with Crippen molar-refractivity contribution in [3.05, 3.63) is 95.1 Å². The van der Waals surface area contributed by atoms with Crippen LogP contribution < -0.4 is 0 Å². The van der Waals surface area contributed by atoms with Crippen LogP contribution in [0.25, 0.3) is 10.8 Å². The third-order valence-electron chi connectivity index (χ3n) is 11.6. The molecule has 5 heteroatoms. The number of methoxy groups -OCH3 is 1. The van der Waals surface area contributed by atoms with Crippen LogP contribution in [0.3, 0.4) is 0 Å². The van der Waals surface area contributed by atoms with Gasteiger partial charge in [-0.15, -0.1) is 0 Å². The standard InChI is InChI=1S/C36H40O5/c1-22-33-30(21-38)31-7-4-14-34(22)19-25-8-10-26-11-12-27(18-28(26)17-25)29(20-37)16-24-6-3-5-23(15-24)9-13-32(39)35(31,34)36(33,40)41-2/h3,5-6,8,10-12,15,17-18,29-31,33,37-38,40H,1,4,7,9,13-14,16,19-21H2,2H3/t29-,30-,31-,33+,34-,35-,36-/m1/s1. The highest BCUT2D eigenvalue weighted by atomic mass is 16.6. The second-order valence-electron chi connectivity index (χ2n) is 13.1. The van der Waals surface area contributed by atoms with E-state index in [9.17, 15) is 20.1 Å². The Hall–Kier alpha value is -2.83. The maximum Gasteiger partial charge on any atom is 0.185 e. The van der Waals surface area contributed by atoms with Gasteiger partial charge in [0, 0.05) is 37.4 Å². The lowest BCUT2D eigenvalue weighted by Gasteiger charge is -2.57. The van der Waals surface area contributed by atoms with Crippen LogP contribution >= 0.6 is 0 Å². The summed E-state index contributed by atoms with van der Waals surface area (Å²) in [4.78, 5) is 14.9. The smallest absolute Gasteiger partial charge is 0.185 e. The number of hydrogen-bond donors (Lipinski definition) is 3. The maximum atomic E-state index is 14.9. The van der Waals surface area contributed by atoms with Gasteiger partial charge in [-0.05, 0) is 77.0 Å². The number of ketones is 1. The fraction of sp³-hybridized carbons (Fsp3) is 0.472. The van der Waals surface area contributed by atoms with Gasteiger partial charge in [-0.1, -0.05) is 79.2 Å². The molecule has 0 unspecified atom stereocenters. The summed E-state index contributed by atoms with van der Waals surface area (Å²) >= 11 is 0. The highest BCUT2D eigenvalue weighted by molar-refractivity contribution is 5.91. The van der Waals surface area contributed by atoms with Crippen molar-refractivity contribution in [2.75, 3.05) is 20.3 Å². The van der Waals surface area contributed by atoms with E-state index in [0.717, 1.165) is 57.9 Å². The molecule has 3 aromatic carbocycles. The van der Waals surface area contributed by atoms with E-state index in [-0.39, 0.29) is 43.2 Å². The summed E-state index contributed by atoms with van der Waals surface area (Å²) in [6, 6.07) is 21.3. The molecule has 3 fully saturated rings. The molecule has 4 aliphatic rings. The van der Waals surface area contributed by atoms with Crippen LogP contribution in [0.4, 0.5) is 0 Å². The van der Waals surface area contributed by atoms with Gasteiger partial charge in [0.2, 0.25) is 0 Å². The third kappa shape index (κ3) is 3.47. The monoisotopic (exact) mass is 552 g/mol. The molecule has 0 heterocycles. The molecule has 0 saturated heterocycles. The number of hydrogen-bond acceptors (Lipinski definition) is 5. The van der Waals surface area contributed by atoms with E-state index in [1.807, 2.05) is 6.07 Å².